The van der Waals surface area contributed by atoms with Crippen LogP contribution in [0.2, 0.25) is 0 Å². The van der Waals surface area contributed by atoms with Crippen LogP contribution in [0.3, 0.4) is 0 Å². The molecule has 1 nitrogen and oxygen atoms in total. The Labute approximate surface area is 105 Å². The van der Waals surface area contributed by atoms with E-state index in [9.17, 15) is 0 Å². The van der Waals surface area contributed by atoms with Gasteiger partial charge in [0.15, 0.2) is 0 Å². The van der Waals surface area contributed by atoms with Gasteiger partial charge in [0.1, 0.15) is 0 Å². The number of hydrogen-bond acceptors (Lipinski definition) is 1. The normalized spacial score (nSPS) is 27.1. The van der Waals surface area contributed by atoms with Gasteiger partial charge in [-0.1, -0.05) is 57.4 Å². The van der Waals surface area contributed by atoms with Gasteiger partial charge in [0.05, 0.1) is 0 Å². The predicted octanol–water partition coefficient (Wildman–Crippen LogP) is 4.22. The average molecular weight is 231 g/mol. The van der Waals surface area contributed by atoms with Crippen molar-refractivity contribution in [3.63, 3.8) is 0 Å². The van der Waals surface area contributed by atoms with Crippen LogP contribution in [-0.2, 0) is 6.42 Å². The first kappa shape index (κ1) is 12.6. The second-order valence-corrected chi connectivity index (χ2v) is 5.57. The van der Waals surface area contributed by atoms with Crippen molar-refractivity contribution in [2.24, 2.45) is 11.1 Å². The van der Waals surface area contributed by atoms with Crippen LogP contribution in [-0.4, -0.2) is 0 Å². The van der Waals surface area contributed by atoms with E-state index < -0.39 is 0 Å². The Hall–Kier alpha value is -0.820. The van der Waals surface area contributed by atoms with E-state index in [1.807, 2.05) is 0 Å². The topological polar surface area (TPSA) is 26.0 Å². The smallest absolute Gasteiger partial charge is 0.0358 e. The fourth-order valence-electron chi connectivity index (χ4n) is 3.46. The number of rotatable bonds is 5. The van der Waals surface area contributed by atoms with E-state index in [2.05, 4.69) is 38.1 Å². The van der Waals surface area contributed by atoms with E-state index in [0.29, 0.717) is 5.41 Å². The molecular formula is C16H25N. The zero-order valence-electron chi connectivity index (χ0n) is 11.2. The molecule has 0 bridgehead atoms. The fraction of sp³-hybridized carbons (Fsp3) is 0.625. The van der Waals surface area contributed by atoms with Gasteiger partial charge in [-0.25, -0.2) is 0 Å². The summed E-state index contributed by atoms with van der Waals surface area (Å²) in [6.07, 6.45) is 7.57. The first-order valence-corrected chi connectivity index (χ1v) is 7.07. The molecule has 2 rings (SSSR count). The van der Waals surface area contributed by atoms with Gasteiger partial charge < -0.3 is 5.73 Å². The Morgan fingerprint density at radius 1 is 1.18 bits per heavy atom. The lowest BCUT2D eigenvalue weighted by Crippen LogP contribution is -2.31. The van der Waals surface area contributed by atoms with Crippen molar-refractivity contribution in [2.75, 3.05) is 0 Å². The first-order valence-electron chi connectivity index (χ1n) is 7.07. The standard InChI is InChI=1S/C16H25N/c1-3-5-11-16(10-4-2)12-13-8-6-7-9-14(13)15(16)17/h6-9,15H,3-5,10-12,17H2,1-2H3/t15-,16?/m1/s1. The van der Waals surface area contributed by atoms with Crippen molar-refractivity contribution in [1.82, 2.24) is 0 Å². The van der Waals surface area contributed by atoms with Gasteiger partial charge >= 0.3 is 0 Å². The van der Waals surface area contributed by atoms with Crippen molar-refractivity contribution in [1.29, 1.82) is 0 Å². The van der Waals surface area contributed by atoms with Gasteiger partial charge in [0.25, 0.3) is 0 Å². The lowest BCUT2D eigenvalue weighted by Gasteiger charge is -2.34. The molecule has 1 heteroatoms. The van der Waals surface area contributed by atoms with Crippen molar-refractivity contribution in [3.8, 4) is 0 Å². The van der Waals surface area contributed by atoms with E-state index in [1.165, 1.54) is 49.7 Å². The molecule has 0 heterocycles. The van der Waals surface area contributed by atoms with Crippen molar-refractivity contribution in [2.45, 2.75) is 58.4 Å². The Morgan fingerprint density at radius 2 is 1.94 bits per heavy atom. The number of fused-ring (bicyclic) bond motifs is 1. The van der Waals surface area contributed by atoms with Crippen LogP contribution < -0.4 is 5.73 Å². The lowest BCUT2D eigenvalue weighted by molar-refractivity contribution is 0.197. The molecule has 0 radical (unpaired) electrons. The van der Waals surface area contributed by atoms with E-state index in [0.717, 1.165) is 0 Å². The third-order valence-electron chi connectivity index (χ3n) is 4.37. The van der Waals surface area contributed by atoms with Crippen LogP contribution in [0.1, 0.15) is 63.1 Å². The third kappa shape index (κ3) is 2.26. The van der Waals surface area contributed by atoms with E-state index in [-0.39, 0.29) is 6.04 Å². The summed E-state index contributed by atoms with van der Waals surface area (Å²) in [5.41, 5.74) is 9.78. The summed E-state index contributed by atoms with van der Waals surface area (Å²) in [4.78, 5) is 0. The zero-order valence-corrected chi connectivity index (χ0v) is 11.2. The molecule has 0 spiro atoms. The summed E-state index contributed by atoms with van der Waals surface area (Å²) in [5, 5.41) is 0. The molecule has 1 aromatic carbocycles. The minimum atomic E-state index is 0.255. The second-order valence-electron chi connectivity index (χ2n) is 5.57. The molecule has 1 aliphatic rings. The van der Waals surface area contributed by atoms with Gasteiger partial charge in [-0.05, 0) is 35.8 Å². The zero-order chi connectivity index (χ0) is 12.3. The van der Waals surface area contributed by atoms with Crippen LogP contribution in [0.25, 0.3) is 0 Å². The second kappa shape index (κ2) is 5.22. The van der Waals surface area contributed by atoms with Crippen LogP contribution in [0.5, 0.6) is 0 Å². The van der Waals surface area contributed by atoms with Crippen LogP contribution >= 0.6 is 0 Å². The van der Waals surface area contributed by atoms with Crippen molar-refractivity contribution < 1.29 is 0 Å². The van der Waals surface area contributed by atoms with Crippen molar-refractivity contribution in [3.05, 3.63) is 35.4 Å². The van der Waals surface area contributed by atoms with Gasteiger partial charge in [0, 0.05) is 6.04 Å². The molecule has 0 saturated heterocycles. The van der Waals surface area contributed by atoms with E-state index in [1.54, 1.807) is 0 Å². The maximum atomic E-state index is 6.55. The molecule has 2 atom stereocenters. The monoisotopic (exact) mass is 231 g/mol. The van der Waals surface area contributed by atoms with Gasteiger partial charge in [-0.2, -0.15) is 0 Å². The molecule has 0 amide bonds. The predicted molar refractivity (Wildman–Crippen MR) is 73.9 cm³/mol. The molecule has 2 N–H and O–H groups in total. The molecule has 94 valence electrons. The maximum Gasteiger partial charge on any atom is 0.0358 e. The largest absolute Gasteiger partial charge is 0.323 e. The Kier molecular flexibility index (Phi) is 3.88. The summed E-state index contributed by atoms with van der Waals surface area (Å²) in [6, 6.07) is 9.01. The summed E-state index contributed by atoms with van der Waals surface area (Å²) in [7, 11) is 0. The number of benzene rings is 1. The lowest BCUT2D eigenvalue weighted by atomic mass is 9.73. The third-order valence-corrected chi connectivity index (χ3v) is 4.37. The first-order chi connectivity index (χ1) is 8.23. The van der Waals surface area contributed by atoms with Gasteiger partial charge in [0.2, 0.25) is 0 Å². The average Bonchev–Trinajstić information content (AvgIpc) is 2.62. The summed E-state index contributed by atoms with van der Waals surface area (Å²) in [6.45, 7) is 4.55. The van der Waals surface area contributed by atoms with Gasteiger partial charge in [-0.3, -0.25) is 0 Å². The van der Waals surface area contributed by atoms with Crippen molar-refractivity contribution >= 4 is 0 Å². The number of hydrogen-bond donors (Lipinski definition) is 1. The molecule has 1 aromatic rings. The minimum Gasteiger partial charge on any atom is -0.323 e. The Bertz CT molecular complexity index is 372. The molecule has 0 aliphatic heterocycles. The van der Waals surface area contributed by atoms with Crippen LogP contribution in [0.4, 0.5) is 0 Å². The molecule has 0 saturated carbocycles. The summed E-state index contributed by atoms with van der Waals surface area (Å²) in [5.74, 6) is 0. The number of unbranched alkanes of at least 4 members (excludes halogenated alkanes) is 1. The van der Waals surface area contributed by atoms with Crippen LogP contribution in [0, 0.1) is 5.41 Å². The van der Waals surface area contributed by atoms with E-state index >= 15 is 0 Å². The molecule has 1 aliphatic carbocycles. The number of nitrogens with two attached hydrogens (primary N) is 1. The highest BCUT2D eigenvalue weighted by atomic mass is 14.7. The summed E-state index contributed by atoms with van der Waals surface area (Å²) >= 11 is 0. The highest BCUT2D eigenvalue weighted by Crippen LogP contribution is 2.50. The molecule has 17 heavy (non-hydrogen) atoms. The van der Waals surface area contributed by atoms with Gasteiger partial charge in [-0.15, -0.1) is 0 Å². The fourth-order valence-corrected chi connectivity index (χ4v) is 3.46. The Balaban J connectivity index is 2.25. The maximum absolute atomic E-state index is 6.55. The highest BCUT2D eigenvalue weighted by Gasteiger charge is 2.42. The SMILES string of the molecule is CCCCC1(CCC)Cc2ccccc2[C@H]1N. The molecular weight excluding hydrogens is 206 g/mol. The Morgan fingerprint density at radius 3 is 2.59 bits per heavy atom. The summed E-state index contributed by atoms with van der Waals surface area (Å²) < 4.78 is 0. The minimum absolute atomic E-state index is 0.255. The molecule has 1 unspecified atom stereocenters. The van der Waals surface area contributed by atoms with Crippen LogP contribution in [0.15, 0.2) is 24.3 Å². The molecule has 0 aromatic heterocycles. The van der Waals surface area contributed by atoms with E-state index in [4.69, 9.17) is 5.73 Å². The molecule has 0 fully saturated rings. The highest BCUT2D eigenvalue weighted by molar-refractivity contribution is 5.37. The quantitative estimate of drug-likeness (QED) is 0.806.